The van der Waals surface area contributed by atoms with Gasteiger partial charge in [-0.05, 0) is 25.7 Å². The summed E-state index contributed by atoms with van der Waals surface area (Å²) in [6.07, 6.45) is 5.99. The molecular formula is C14H17Cl2NO3. The van der Waals surface area contributed by atoms with Crippen LogP contribution in [-0.4, -0.2) is 11.5 Å². The first-order valence-electron chi connectivity index (χ1n) is 6.76. The Morgan fingerprint density at radius 3 is 2.60 bits per heavy atom. The molecule has 20 heavy (non-hydrogen) atoms. The fourth-order valence-electron chi connectivity index (χ4n) is 2.60. The summed E-state index contributed by atoms with van der Waals surface area (Å²) >= 11 is 12.1. The molecule has 1 saturated carbocycles. The summed E-state index contributed by atoms with van der Waals surface area (Å²) in [6.45, 7) is 2.18. The van der Waals surface area contributed by atoms with E-state index in [0.717, 1.165) is 12.8 Å². The molecule has 4 nitrogen and oxygen atoms in total. The lowest BCUT2D eigenvalue weighted by molar-refractivity contribution is -0.385. The van der Waals surface area contributed by atoms with Crippen LogP contribution in [0.4, 0.5) is 5.69 Å². The van der Waals surface area contributed by atoms with Crippen molar-refractivity contribution < 1.29 is 9.66 Å². The first kappa shape index (κ1) is 15.4. The summed E-state index contributed by atoms with van der Waals surface area (Å²) in [5, 5.41) is 11.4. The van der Waals surface area contributed by atoms with E-state index in [2.05, 4.69) is 0 Å². The maximum atomic E-state index is 11.0. The summed E-state index contributed by atoms with van der Waals surface area (Å²) in [7, 11) is 0. The van der Waals surface area contributed by atoms with Crippen LogP contribution in [0.2, 0.25) is 10.0 Å². The van der Waals surface area contributed by atoms with Gasteiger partial charge in [-0.3, -0.25) is 10.1 Å². The minimum atomic E-state index is -0.467. The van der Waals surface area contributed by atoms with E-state index in [0.29, 0.717) is 23.8 Å². The predicted molar refractivity (Wildman–Crippen MR) is 79.9 cm³/mol. The second-order valence-corrected chi connectivity index (χ2v) is 6.00. The lowest BCUT2D eigenvalue weighted by Crippen LogP contribution is -2.16. The third-order valence-corrected chi connectivity index (χ3v) is 4.55. The van der Waals surface area contributed by atoms with Gasteiger partial charge in [-0.1, -0.05) is 42.5 Å². The number of nitrogens with zero attached hydrogens (tertiary/aromatic N) is 1. The molecule has 6 heteroatoms. The third kappa shape index (κ3) is 3.36. The predicted octanol–water partition coefficient (Wildman–Crippen LogP) is 5.17. The van der Waals surface area contributed by atoms with Gasteiger partial charge in [0.05, 0.1) is 22.1 Å². The second-order valence-electron chi connectivity index (χ2n) is 5.22. The molecule has 0 aromatic heterocycles. The Kier molecular flexibility index (Phi) is 5.11. The topological polar surface area (TPSA) is 52.4 Å². The van der Waals surface area contributed by atoms with Gasteiger partial charge >= 0.3 is 0 Å². The quantitative estimate of drug-likeness (QED) is 0.568. The Hall–Kier alpha value is -1.00. The molecule has 0 heterocycles. The number of rotatable bonds is 4. The highest BCUT2D eigenvalue weighted by molar-refractivity contribution is 6.43. The molecule has 2 rings (SSSR count). The van der Waals surface area contributed by atoms with Crippen LogP contribution in [0.5, 0.6) is 5.75 Å². The number of halogens is 2. The molecule has 1 aliphatic carbocycles. The van der Waals surface area contributed by atoms with Crippen LogP contribution < -0.4 is 4.74 Å². The SMILES string of the molecule is Cc1c([N+](=O)[O-])cc(Cl)c(Cl)c1OCC1CCCCC1. The Morgan fingerprint density at radius 2 is 2.00 bits per heavy atom. The molecule has 0 N–H and O–H groups in total. The van der Waals surface area contributed by atoms with Crippen LogP contribution in [0.25, 0.3) is 0 Å². The summed E-state index contributed by atoms with van der Waals surface area (Å²) in [6, 6.07) is 1.27. The van der Waals surface area contributed by atoms with E-state index >= 15 is 0 Å². The highest BCUT2D eigenvalue weighted by Gasteiger charge is 2.23. The molecule has 1 aromatic rings. The Morgan fingerprint density at radius 1 is 1.35 bits per heavy atom. The van der Waals surface area contributed by atoms with Crippen molar-refractivity contribution in [1.29, 1.82) is 0 Å². The van der Waals surface area contributed by atoms with Crippen LogP contribution in [-0.2, 0) is 0 Å². The van der Waals surface area contributed by atoms with Gasteiger partial charge in [0, 0.05) is 6.07 Å². The molecule has 0 saturated heterocycles. The third-order valence-electron chi connectivity index (χ3n) is 3.78. The van der Waals surface area contributed by atoms with E-state index in [1.54, 1.807) is 6.92 Å². The number of benzene rings is 1. The monoisotopic (exact) mass is 317 g/mol. The molecule has 1 fully saturated rings. The first-order valence-corrected chi connectivity index (χ1v) is 7.52. The maximum absolute atomic E-state index is 11.0. The first-order chi connectivity index (χ1) is 9.50. The molecule has 1 aliphatic rings. The summed E-state index contributed by atoms with van der Waals surface area (Å²) in [4.78, 5) is 10.5. The van der Waals surface area contributed by atoms with E-state index in [-0.39, 0.29) is 15.7 Å². The van der Waals surface area contributed by atoms with Gasteiger partial charge in [0.1, 0.15) is 10.8 Å². The summed E-state index contributed by atoms with van der Waals surface area (Å²) < 4.78 is 5.76. The van der Waals surface area contributed by atoms with Crippen LogP contribution in [0, 0.1) is 23.0 Å². The van der Waals surface area contributed by atoms with Gasteiger partial charge in [-0.2, -0.15) is 0 Å². The van der Waals surface area contributed by atoms with Gasteiger partial charge in [0.15, 0.2) is 0 Å². The Bertz CT molecular complexity index is 514. The molecule has 0 unspecified atom stereocenters. The van der Waals surface area contributed by atoms with E-state index in [1.165, 1.54) is 25.3 Å². The standard InChI is InChI=1S/C14H17Cl2NO3/c1-9-12(17(18)19)7-11(15)13(16)14(9)20-8-10-5-3-2-4-6-10/h7,10H,2-6,8H2,1H3. The van der Waals surface area contributed by atoms with Gasteiger partial charge in [-0.25, -0.2) is 0 Å². The highest BCUT2D eigenvalue weighted by atomic mass is 35.5. The zero-order valence-corrected chi connectivity index (χ0v) is 12.8. The molecule has 0 aliphatic heterocycles. The van der Waals surface area contributed by atoms with Gasteiger partial charge in [0.2, 0.25) is 0 Å². The molecule has 0 bridgehead atoms. The lowest BCUT2D eigenvalue weighted by Gasteiger charge is -2.22. The lowest BCUT2D eigenvalue weighted by atomic mass is 9.90. The molecule has 0 atom stereocenters. The van der Waals surface area contributed by atoms with Crippen molar-refractivity contribution in [2.45, 2.75) is 39.0 Å². The van der Waals surface area contributed by atoms with Crippen molar-refractivity contribution in [3.05, 3.63) is 31.8 Å². The van der Waals surface area contributed by atoms with E-state index < -0.39 is 4.92 Å². The number of hydrogen-bond donors (Lipinski definition) is 0. The Balaban J connectivity index is 2.19. The van der Waals surface area contributed by atoms with Crippen LogP contribution in [0.15, 0.2) is 6.07 Å². The molecule has 110 valence electrons. The smallest absolute Gasteiger partial charge is 0.277 e. The van der Waals surface area contributed by atoms with Crippen LogP contribution >= 0.6 is 23.2 Å². The van der Waals surface area contributed by atoms with Crippen molar-refractivity contribution in [3.8, 4) is 5.75 Å². The van der Waals surface area contributed by atoms with E-state index in [4.69, 9.17) is 27.9 Å². The minimum Gasteiger partial charge on any atom is -0.491 e. The second kappa shape index (κ2) is 6.64. The molecule has 1 aromatic carbocycles. The normalized spacial score (nSPS) is 16.1. The van der Waals surface area contributed by atoms with Crippen LogP contribution in [0.3, 0.4) is 0 Å². The molecular weight excluding hydrogens is 301 g/mol. The van der Waals surface area contributed by atoms with Crippen molar-refractivity contribution in [2.24, 2.45) is 5.92 Å². The minimum absolute atomic E-state index is 0.0574. The van der Waals surface area contributed by atoms with E-state index in [1.807, 2.05) is 0 Å². The Labute approximate surface area is 128 Å². The average Bonchev–Trinajstić information content (AvgIpc) is 2.43. The highest BCUT2D eigenvalue weighted by Crippen LogP contribution is 2.40. The van der Waals surface area contributed by atoms with Crippen molar-refractivity contribution >= 4 is 28.9 Å². The van der Waals surface area contributed by atoms with Crippen LogP contribution in [0.1, 0.15) is 37.7 Å². The van der Waals surface area contributed by atoms with Gasteiger partial charge in [0.25, 0.3) is 5.69 Å². The number of ether oxygens (including phenoxy) is 1. The molecule has 0 spiro atoms. The summed E-state index contributed by atoms with van der Waals surface area (Å²) in [5.74, 6) is 0.841. The van der Waals surface area contributed by atoms with E-state index in [9.17, 15) is 10.1 Å². The maximum Gasteiger partial charge on any atom is 0.277 e. The van der Waals surface area contributed by atoms with Crippen molar-refractivity contribution in [2.75, 3.05) is 6.61 Å². The zero-order chi connectivity index (χ0) is 14.7. The average molecular weight is 318 g/mol. The number of hydrogen-bond acceptors (Lipinski definition) is 3. The van der Waals surface area contributed by atoms with Crippen molar-refractivity contribution in [1.82, 2.24) is 0 Å². The van der Waals surface area contributed by atoms with Gasteiger partial charge < -0.3 is 4.74 Å². The fraction of sp³-hybridized carbons (Fsp3) is 0.571. The van der Waals surface area contributed by atoms with Crippen molar-refractivity contribution in [3.63, 3.8) is 0 Å². The zero-order valence-electron chi connectivity index (χ0n) is 11.3. The molecule has 0 amide bonds. The molecule has 0 radical (unpaired) electrons. The largest absolute Gasteiger partial charge is 0.491 e. The number of nitro benzene ring substituents is 1. The number of nitro groups is 1. The fourth-order valence-corrected chi connectivity index (χ4v) is 3.04. The summed E-state index contributed by atoms with van der Waals surface area (Å²) in [5.41, 5.74) is 0.373. The van der Waals surface area contributed by atoms with Gasteiger partial charge in [-0.15, -0.1) is 0 Å².